The molecule has 1 aromatic rings. The number of imide groups is 1. The van der Waals surface area contributed by atoms with E-state index in [9.17, 15) is 9.59 Å². The minimum absolute atomic E-state index is 0.121. The number of nitrogens with one attached hydrogen (secondary N) is 1. The highest BCUT2D eigenvalue weighted by Crippen LogP contribution is 2.18. The summed E-state index contributed by atoms with van der Waals surface area (Å²) >= 11 is 0. The smallest absolute Gasteiger partial charge is 0.246 e. The fourth-order valence-corrected chi connectivity index (χ4v) is 1.86. The molecule has 6 nitrogen and oxygen atoms in total. The highest BCUT2D eigenvalue weighted by atomic mass is 16.3. The number of hydrogen-bond donors (Lipinski definition) is 3. The first-order valence-electron chi connectivity index (χ1n) is 5.64. The van der Waals surface area contributed by atoms with Gasteiger partial charge in [0.2, 0.25) is 11.8 Å². The molecule has 0 bridgehead atoms. The van der Waals surface area contributed by atoms with Crippen molar-refractivity contribution in [2.45, 2.75) is 6.04 Å². The van der Waals surface area contributed by atoms with Gasteiger partial charge in [-0.15, -0.1) is 0 Å². The van der Waals surface area contributed by atoms with Crippen molar-refractivity contribution in [2.75, 3.05) is 24.6 Å². The second kappa shape index (κ2) is 5.16. The van der Waals surface area contributed by atoms with E-state index in [1.165, 1.54) is 0 Å². The van der Waals surface area contributed by atoms with Crippen LogP contribution in [0.2, 0.25) is 0 Å². The fourth-order valence-electron chi connectivity index (χ4n) is 1.86. The lowest BCUT2D eigenvalue weighted by molar-refractivity contribution is -0.130. The van der Waals surface area contributed by atoms with E-state index < -0.39 is 6.04 Å². The highest BCUT2D eigenvalue weighted by molar-refractivity contribution is 6.02. The van der Waals surface area contributed by atoms with Crippen LogP contribution in [0.25, 0.3) is 0 Å². The lowest BCUT2D eigenvalue weighted by Gasteiger charge is -2.27. The molecule has 4 N–H and O–H groups in total. The number of hydrogen-bond acceptors (Lipinski definition) is 5. The zero-order valence-corrected chi connectivity index (χ0v) is 9.80. The Balaban J connectivity index is 2.14. The summed E-state index contributed by atoms with van der Waals surface area (Å²) in [6.45, 7) is 0.207. The monoisotopic (exact) mass is 249 g/mol. The van der Waals surface area contributed by atoms with Crippen LogP contribution in [-0.2, 0) is 9.59 Å². The van der Waals surface area contributed by atoms with Gasteiger partial charge < -0.3 is 15.7 Å². The Bertz CT molecular complexity index is 442. The number of anilines is 1. The van der Waals surface area contributed by atoms with Gasteiger partial charge in [-0.1, -0.05) is 12.1 Å². The number of piperazine rings is 1. The number of benzene rings is 1. The summed E-state index contributed by atoms with van der Waals surface area (Å²) in [7, 11) is 0. The maximum atomic E-state index is 11.3. The van der Waals surface area contributed by atoms with Gasteiger partial charge in [0.25, 0.3) is 0 Å². The van der Waals surface area contributed by atoms with Crippen molar-refractivity contribution in [3.8, 4) is 0 Å². The number of carbonyl (C=O) groups is 2. The third-order valence-corrected chi connectivity index (χ3v) is 2.83. The number of rotatable bonds is 3. The first kappa shape index (κ1) is 12.5. The number of amides is 2. The van der Waals surface area contributed by atoms with Crippen molar-refractivity contribution in [2.24, 2.45) is 5.73 Å². The first-order valence-corrected chi connectivity index (χ1v) is 5.64. The van der Waals surface area contributed by atoms with E-state index in [4.69, 9.17) is 10.8 Å². The van der Waals surface area contributed by atoms with E-state index in [-0.39, 0.29) is 31.5 Å². The zero-order valence-electron chi connectivity index (χ0n) is 9.80. The lowest BCUT2D eigenvalue weighted by atomic mass is 10.1. The molecule has 2 rings (SSSR count). The molecule has 0 spiro atoms. The van der Waals surface area contributed by atoms with E-state index in [0.29, 0.717) is 0 Å². The van der Waals surface area contributed by atoms with Gasteiger partial charge in [-0.2, -0.15) is 0 Å². The Morgan fingerprint density at radius 1 is 1.22 bits per heavy atom. The Morgan fingerprint density at radius 2 is 1.78 bits per heavy atom. The topological polar surface area (TPSA) is 95.7 Å². The van der Waals surface area contributed by atoms with E-state index in [1.54, 1.807) is 29.2 Å². The van der Waals surface area contributed by atoms with Crippen LogP contribution in [0.15, 0.2) is 24.3 Å². The molecule has 1 aliphatic heterocycles. The second-order valence-corrected chi connectivity index (χ2v) is 4.21. The van der Waals surface area contributed by atoms with Crippen LogP contribution in [0.3, 0.4) is 0 Å². The molecule has 96 valence electrons. The average Bonchev–Trinajstić information content (AvgIpc) is 2.37. The third kappa shape index (κ3) is 2.66. The van der Waals surface area contributed by atoms with Gasteiger partial charge in [0.1, 0.15) is 0 Å². The summed E-state index contributed by atoms with van der Waals surface area (Å²) in [5.41, 5.74) is 7.28. The molecule has 1 unspecified atom stereocenters. The molecule has 1 aliphatic rings. The third-order valence-electron chi connectivity index (χ3n) is 2.83. The van der Waals surface area contributed by atoms with Crippen molar-refractivity contribution in [1.82, 2.24) is 5.32 Å². The number of aliphatic hydroxyl groups is 1. The van der Waals surface area contributed by atoms with Crippen molar-refractivity contribution >= 4 is 17.5 Å². The van der Waals surface area contributed by atoms with Crippen LogP contribution in [0, 0.1) is 0 Å². The normalized spacial score (nSPS) is 17.6. The molecule has 1 heterocycles. The summed E-state index contributed by atoms with van der Waals surface area (Å²) < 4.78 is 0. The van der Waals surface area contributed by atoms with Crippen molar-refractivity contribution < 1.29 is 14.7 Å². The molecule has 18 heavy (non-hydrogen) atoms. The largest absolute Gasteiger partial charge is 0.394 e. The van der Waals surface area contributed by atoms with E-state index in [0.717, 1.165) is 11.3 Å². The van der Waals surface area contributed by atoms with Crippen LogP contribution in [0.4, 0.5) is 5.69 Å². The number of aliphatic hydroxyl groups excluding tert-OH is 1. The van der Waals surface area contributed by atoms with Crippen LogP contribution in [0.1, 0.15) is 11.6 Å². The molecule has 0 radical (unpaired) electrons. The van der Waals surface area contributed by atoms with Gasteiger partial charge in [0.15, 0.2) is 0 Å². The zero-order chi connectivity index (χ0) is 13.1. The Morgan fingerprint density at radius 3 is 2.28 bits per heavy atom. The maximum Gasteiger partial charge on any atom is 0.246 e. The van der Waals surface area contributed by atoms with Crippen molar-refractivity contribution in [3.63, 3.8) is 0 Å². The van der Waals surface area contributed by atoms with E-state index in [1.807, 2.05) is 0 Å². The summed E-state index contributed by atoms with van der Waals surface area (Å²) in [5.74, 6) is -0.607. The molecular formula is C12H15N3O3. The number of nitrogens with two attached hydrogens (primary N) is 1. The van der Waals surface area contributed by atoms with E-state index >= 15 is 0 Å². The van der Waals surface area contributed by atoms with Gasteiger partial charge in [0, 0.05) is 5.69 Å². The second-order valence-electron chi connectivity index (χ2n) is 4.21. The molecule has 0 aromatic heterocycles. The predicted octanol–water partition coefficient (Wildman–Crippen LogP) is -0.859. The average molecular weight is 249 g/mol. The van der Waals surface area contributed by atoms with Crippen molar-refractivity contribution in [1.29, 1.82) is 0 Å². The van der Waals surface area contributed by atoms with Gasteiger partial charge in [-0.05, 0) is 17.7 Å². The molecule has 0 saturated carbocycles. The fraction of sp³-hybridized carbons (Fsp3) is 0.333. The molecule has 2 amide bonds. The minimum atomic E-state index is -0.412. The number of carbonyl (C=O) groups excluding carboxylic acids is 2. The molecule has 0 aliphatic carbocycles. The summed E-state index contributed by atoms with van der Waals surface area (Å²) in [5, 5.41) is 11.2. The minimum Gasteiger partial charge on any atom is -0.394 e. The molecular weight excluding hydrogens is 234 g/mol. The van der Waals surface area contributed by atoms with E-state index in [2.05, 4.69) is 5.32 Å². The Kier molecular flexibility index (Phi) is 3.59. The molecule has 1 aromatic carbocycles. The van der Waals surface area contributed by atoms with Gasteiger partial charge >= 0.3 is 0 Å². The maximum absolute atomic E-state index is 11.3. The van der Waals surface area contributed by atoms with Gasteiger partial charge in [-0.3, -0.25) is 14.9 Å². The summed E-state index contributed by atoms with van der Waals surface area (Å²) in [6.07, 6.45) is 0. The molecule has 6 heteroatoms. The van der Waals surface area contributed by atoms with Gasteiger partial charge in [-0.25, -0.2) is 0 Å². The Labute approximate surface area is 104 Å². The van der Waals surface area contributed by atoms with Crippen LogP contribution in [-0.4, -0.2) is 36.6 Å². The predicted molar refractivity (Wildman–Crippen MR) is 65.8 cm³/mol. The molecule has 1 atom stereocenters. The summed E-state index contributed by atoms with van der Waals surface area (Å²) in [4.78, 5) is 24.2. The van der Waals surface area contributed by atoms with Crippen LogP contribution in [0.5, 0.6) is 0 Å². The summed E-state index contributed by atoms with van der Waals surface area (Å²) in [6, 6.07) is 6.73. The molecule has 1 fully saturated rings. The van der Waals surface area contributed by atoms with Crippen LogP contribution < -0.4 is 16.0 Å². The standard InChI is InChI=1S/C12H15N3O3/c13-10(7-16)8-1-3-9(4-2-8)15-5-11(17)14-12(18)6-15/h1-4,10,16H,5-7,13H2,(H,14,17,18). The Hall–Kier alpha value is -1.92. The van der Waals surface area contributed by atoms with Gasteiger partial charge in [0.05, 0.1) is 25.7 Å². The quantitative estimate of drug-likeness (QED) is 0.606. The lowest BCUT2D eigenvalue weighted by Crippen LogP contribution is -2.51. The van der Waals surface area contributed by atoms with Crippen LogP contribution >= 0.6 is 0 Å². The number of nitrogens with zero attached hydrogens (tertiary/aromatic N) is 1. The van der Waals surface area contributed by atoms with Crippen molar-refractivity contribution in [3.05, 3.63) is 29.8 Å². The first-order chi connectivity index (χ1) is 8.60. The SMILES string of the molecule is NC(CO)c1ccc(N2CC(=O)NC(=O)C2)cc1. The molecule has 1 saturated heterocycles. The highest BCUT2D eigenvalue weighted by Gasteiger charge is 2.22.